The molecule has 0 aliphatic heterocycles. The number of ether oxygens (including phenoxy) is 3. The molecule has 0 saturated carbocycles. The van der Waals surface area contributed by atoms with E-state index < -0.39 is 0 Å². The average Bonchev–Trinajstić information content (AvgIpc) is 2.82. The number of halogens is 1. The number of hydrogen-bond donors (Lipinski definition) is 1. The molecule has 1 N–H and O–H groups in total. The van der Waals surface area contributed by atoms with Crippen LogP contribution in [0.1, 0.15) is 42.0 Å². The standard InChI is InChI=1S/C27H29ClN2O4/c1-18(2)23-11-10-22(13-19(23)3)33-17-27(31)30-29-15-20-9-12-25(26(14-20)32-4)34-16-21-7-5-6-8-24(21)28/h5-15,18H,16-17H2,1-4H3,(H,30,31)/b29-15+. The molecule has 0 aliphatic carbocycles. The summed E-state index contributed by atoms with van der Waals surface area (Å²) in [6.45, 7) is 6.51. The summed E-state index contributed by atoms with van der Waals surface area (Å²) in [4.78, 5) is 12.1. The Morgan fingerprint density at radius 1 is 1.06 bits per heavy atom. The van der Waals surface area contributed by atoms with Crippen LogP contribution in [0.2, 0.25) is 5.02 Å². The van der Waals surface area contributed by atoms with Crippen LogP contribution in [0.25, 0.3) is 0 Å². The molecule has 0 bridgehead atoms. The normalized spacial score (nSPS) is 11.0. The molecule has 0 radical (unpaired) electrons. The number of hydrogen-bond acceptors (Lipinski definition) is 5. The fourth-order valence-corrected chi connectivity index (χ4v) is 3.59. The summed E-state index contributed by atoms with van der Waals surface area (Å²) in [5.74, 6) is 1.86. The first kappa shape index (κ1) is 25.1. The van der Waals surface area contributed by atoms with E-state index in [2.05, 4.69) is 24.4 Å². The molecule has 0 aromatic heterocycles. The summed E-state index contributed by atoms with van der Waals surface area (Å²) in [5, 5.41) is 4.65. The second kappa shape index (κ2) is 12.1. The Morgan fingerprint density at radius 2 is 1.85 bits per heavy atom. The summed E-state index contributed by atoms with van der Waals surface area (Å²) in [6, 6.07) is 18.7. The quantitative estimate of drug-likeness (QED) is 0.290. The number of carbonyl (C=O) groups excluding carboxylic acids is 1. The highest BCUT2D eigenvalue weighted by molar-refractivity contribution is 6.31. The van der Waals surface area contributed by atoms with Gasteiger partial charge in [0.25, 0.3) is 5.91 Å². The summed E-state index contributed by atoms with van der Waals surface area (Å²) in [6.07, 6.45) is 1.53. The van der Waals surface area contributed by atoms with Gasteiger partial charge in [-0.15, -0.1) is 0 Å². The van der Waals surface area contributed by atoms with Crippen molar-refractivity contribution in [2.75, 3.05) is 13.7 Å². The van der Waals surface area contributed by atoms with Crippen molar-refractivity contribution >= 4 is 23.7 Å². The van der Waals surface area contributed by atoms with Gasteiger partial charge in [0, 0.05) is 10.6 Å². The Kier molecular flexibility index (Phi) is 8.93. The van der Waals surface area contributed by atoms with Crippen molar-refractivity contribution in [3.8, 4) is 17.2 Å². The summed E-state index contributed by atoms with van der Waals surface area (Å²) in [5.41, 5.74) is 6.49. The lowest BCUT2D eigenvalue weighted by atomic mass is 9.98. The van der Waals surface area contributed by atoms with Crippen LogP contribution < -0.4 is 19.6 Å². The van der Waals surface area contributed by atoms with Crippen molar-refractivity contribution in [3.63, 3.8) is 0 Å². The van der Waals surface area contributed by atoms with Crippen LogP contribution >= 0.6 is 11.6 Å². The summed E-state index contributed by atoms with van der Waals surface area (Å²) >= 11 is 6.18. The van der Waals surface area contributed by atoms with Gasteiger partial charge in [-0.2, -0.15) is 5.10 Å². The molecule has 6 nitrogen and oxygen atoms in total. The minimum absolute atomic E-state index is 0.129. The van der Waals surface area contributed by atoms with E-state index in [1.54, 1.807) is 19.2 Å². The third kappa shape index (κ3) is 6.99. The monoisotopic (exact) mass is 480 g/mol. The predicted molar refractivity (Wildman–Crippen MR) is 135 cm³/mol. The Hall–Kier alpha value is -3.51. The molecule has 0 heterocycles. The average molecular weight is 481 g/mol. The van der Waals surface area contributed by atoms with Gasteiger partial charge < -0.3 is 14.2 Å². The molecule has 0 fully saturated rings. The number of hydrazone groups is 1. The Bertz CT molecular complexity index is 1160. The molecule has 34 heavy (non-hydrogen) atoms. The molecule has 0 saturated heterocycles. The fraction of sp³-hybridized carbons (Fsp3) is 0.259. The lowest BCUT2D eigenvalue weighted by molar-refractivity contribution is -0.123. The van der Waals surface area contributed by atoms with E-state index in [-0.39, 0.29) is 12.5 Å². The third-order valence-electron chi connectivity index (χ3n) is 5.16. The van der Waals surface area contributed by atoms with Gasteiger partial charge in [-0.1, -0.05) is 49.7 Å². The zero-order valence-corrected chi connectivity index (χ0v) is 20.6. The lowest BCUT2D eigenvalue weighted by Crippen LogP contribution is -2.24. The molecule has 0 atom stereocenters. The number of benzene rings is 3. The van der Waals surface area contributed by atoms with Crippen LogP contribution in [0.4, 0.5) is 0 Å². The number of aryl methyl sites for hydroxylation is 1. The van der Waals surface area contributed by atoms with Gasteiger partial charge >= 0.3 is 0 Å². The van der Waals surface area contributed by atoms with Crippen molar-refractivity contribution < 1.29 is 19.0 Å². The van der Waals surface area contributed by atoms with Gasteiger partial charge in [-0.25, -0.2) is 5.43 Å². The zero-order chi connectivity index (χ0) is 24.5. The van der Waals surface area contributed by atoms with Gasteiger partial charge in [0.1, 0.15) is 12.4 Å². The Labute approximate surface area is 205 Å². The minimum Gasteiger partial charge on any atom is -0.493 e. The number of methoxy groups -OCH3 is 1. The second-order valence-corrected chi connectivity index (χ2v) is 8.45. The van der Waals surface area contributed by atoms with E-state index in [9.17, 15) is 4.79 Å². The number of rotatable bonds is 10. The van der Waals surface area contributed by atoms with E-state index >= 15 is 0 Å². The number of carbonyl (C=O) groups is 1. The minimum atomic E-state index is -0.353. The molecule has 178 valence electrons. The Morgan fingerprint density at radius 3 is 2.56 bits per heavy atom. The van der Waals surface area contributed by atoms with Gasteiger partial charge in [-0.3, -0.25) is 4.79 Å². The number of amides is 1. The molecule has 0 unspecified atom stereocenters. The summed E-state index contributed by atoms with van der Waals surface area (Å²) in [7, 11) is 1.56. The van der Waals surface area contributed by atoms with Gasteiger partial charge in [0.05, 0.1) is 13.3 Å². The maximum absolute atomic E-state index is 12.1. The number of nitrogens with one attached hydrogen (secondary N) is 1. The molecule has 0 spiro atoms. The largest absolute Gasteiger partial charge is 0.493 e. The molecular formula is C27H29ClN2O4. The van der Waals surface area contributed by atoms with Crippen LogP contribution in [0.5, 0.6) is 17.2 Å². The highest BCUT2D eigenvalue weighted by Gasteiger charge is 2.08. The van der Waals surface area contributed by atoms with Gasteiger partial charge in [0.2, 0.25) is 0 Å². The molecule has 3 rings (SSSR count). The lowest BCUT2D eigenvalue weighted by Gasteiger charge is -2.12. The highest BCUT2D eigenvalue weighted by Crippen LogP contribution is 2.29. The SMILES string of the molecule is COc1cc(/C=N/NC(=O)COc2ccc(C(C)C)c(C)c2)ccc1OCc1ccccc1Cl. The first-order valence-electron chi connectivity index (χ1n) is 11.0. The van der Waals surface area contributed by atoms with Gasteiger partial charge in [-0.05, 0) is 65.9 Å². The van der Waals surface area contributed by atoms with Crippen molar-refractivity contribution in [1.82, 2.24) is 5.43 Å². The predicted octanol–water partition coefficient (Wildman–Crippen LogP) is 5.89. The second-order valence-electron chi connectivity index (χ2n) is 8.05. The van der Waals surface area contributed by atoms with Crippen LogP contribution in [0.15, 0.2) is 65.8 Å². The molecular weight excluding hydrogens is 452 g/mol. The van der Waals surface area contributed by atoms with E-state index in [4.69, 9.17) is 25.8 Å². The zero-order valence-electron chi connectivity index (χ0n) is 19.8. The first-order chi connectivity index (χ1) is 16.4. The Balaban J connectivity index is 1.52. The first-order valence-corrected chi connectivity index (χ1v) is 11.3. The van der Waals surface area contributed by atoms with Crippen LogP contribution in [0.3, 0.4) is 0 Å². The van der Waals surface area contributed by atoms with E-state index in [0.717, 1.165) is 16.7 Å². The topological polar surface area (TPSA) is 69.2 Å². The summed E-state index contributed by atoms with van der Waals surface area (Å²) < 4.78 is 16.9. The molecule has 7 heteroatoms. The van der Waals surface area contributed by atoms with E-state index in [1.807, 2.05) is 55.5 Å². The van der Waals surface area contributed by atoms with Crippen LogP contribution in [0, 0.1) is 6.92 Å². The fourth-order valence-electron chi connectivity index (χ4n) is 3.40. The van der Waals surface area contributed by atoms with Crippen molar-refractivity contribution in [3.05, 3.63) is 87.9 Å². The van der Waals surface area contributed by atoms with Crippen molar-refractivity contribution in [2.45, 2.75) is 33.3 Å². The molecule has 0 aliphatic rings. The maximum atomic E-state index is 12.1. The van der Waals surface area contributed by atoms with Crippen molar-refractivity contribution in [1.29, 1.82) is 0 Å². The van der Waals surface area contributed by atoms with Crippen LogP contribution in [-0.4, -0.2) is 25.8 Å². The maximum Gasteiger partial charge on any atom is 0.277 e. The smallest absolute Gasteiger partial charge is 0.277 e. The highest BCUT2D eigenvalue weighted by atomic mass is 35.5. The molecule has 1 amide bonds. The molecule has 3 aromatic rings. The van der Waals surface area contributed by atoms with E-state index in [0.29, 0.717) is 34.8 Å². The van der Waals surface area contributed by atoms with E-state index in [1.165, 1.54) is 11.8 Å². The number of nitrogens with zero attached hydrogens (tertiary/aromatic N) is 1. The van der Waals surface area contributed by atoms with Crippen LogP contribution in [-0.2, 0) is 11.4 Å². The third-order valence-corrected chi connectivity index (χ3v) is 5.53. The van der Waals surface area contributed by atoms with Gasteiger partial charge in [0.15, 0.2) is 18.1 Å². The van der Waals surface area contributed by atoms with Crippen molar-refractivity contribution in [2.24, 2.45) is 5.10 Å². The molecule has 3 aromatic carbocycles.